The first kappa shape index (κ1) is 58.8. The predicted molar refractivity (Wildman–Crippen MR) is 275 cm³/mol. The molecule has 10 atom stereocenters. The van der Waals surface area contributed by atoms with Crippen LogP contribution < -0.4 is 43.0 Å². The van der Waals surface area contributed by atoms with Crippen LogP contribution in [0.4, 0.5) is 0 Å². The summed E-state index contributed by atoms with van der Waals surface area (Å²) < 4.78 is 0. The molecular weight excluding hydrogens is 955 g/mol. The Labute approximate surface area is 430 Å². The molecule has 4 aromatic rings. The molecule has 0 unspecified atom stereocenters. The first-order valence-corrected chi connectivity index (χ1v) is 24.7. The van der Waals surface area contributed by atoms with Crippen molar-refractivity contribution in [1.29, 1.82) is 0 Å². The highest BCUT2D eigenvalue weighted by Gasteiger charge is 2.36. The number of carboxylic acid groups (broad SMARTS) is 2. The van der Waals surface area contributed by atoms with Gasteiger partial charge >= 0.3 is 11.9 Å². The monoisotopic (exact) mass is 1030 g/mol. The average Bonchev–Trinajstić information content (AvgIpc) is 3.77. The number of hydrogen-bond acceptors (Lipinski definition) is 11. The molecule has 0 saturated carbocycles. The van der Waals surface area contributed by atoms with E-state index >= 15 is 0 Å². The molecule has 400 valence electrons. The minimum absolute atomic E-state index is 0.0398. The van der Waals surface area contributed by atoms with Gasteiger partial charge in [-0.15, -0.1) is 0 Å². The molecule has 1 aromatic heterocycles. The number of nitrogens with one attached hydrogen (secondary N) is 8. The van der Waals surface area contributed by atoms with Gasteiger partial charge in [0.15, 0.2) is 0 Å². The van der Waals surface area contributed by atoms with Crippen LogP contribution in [-0.4, -0.2) is 122 Å². The standard InChI is InChI=1S/C53H71N9O12/c1-8-29(5)44(61-47(67)37(54)26-42(64)65)51(71)58-40(24-33-19-21-35(63)22-20-33)49(69)57-39(23-32-15-11-10-12-16-32)48(68)56-31(7)46(66)60-43(28(3)4)50(70)62-45(30(6)9-2)52(72)59-41(53(73)74)25-34-27-55-38-18-14-13-17-36(34)38/h10-22,27-31,37,39-41,43-45,55,63H,8-9,23-26,54H2,1-7H3,(H,56,68)(H,57,69)(H,58,71)(H,59,72)(H,60,66)(H,61,67)(H,62,70)(H,64,65)(H,73,74)/t29-,30-,31-,37-,39-,40-,41-,43-,44-,45-/m0/s1. The largest absolute Gasteiger partial charge is 0.508 e. The molecule has 0 aliphatic rings. The highest BCUT2D eigenvalue weighted by Crippen LogP contribution is 2.20. The molecule has 0 aliphatic heterocycles. The first-order valence-electron chi connectivity index (χ1n) is 24.7. The molecule has 0 saturated heterocycles. The Morgan fingerprint density at radius 1 is 0.527 bits per heavy atom. The average molecular weight is 1030 g/mol. The number of hydrogen-bond donors (Lipinski definition) is 12. The summed E-state index contributed by atoms with van der Waals surface area (Å²) in [5, 5.41) is 48.6. The molecular formula is C53H71N9O12. The number of amides is 7. The quantitative estimate of drug-likeness (QED) is 0.0388. The third-order valence-electron chi connectivity index (χ3n) is 13.0. The second-order valence-electron chi connectivity index (χ2n) is 19.1. The van der Waals surface area contributed by atoms with Crippen LogP contribution in [0.5, 0.6) is 5.75 Å². The number of carboxylic acids is 2. The van der Waals surface area contributed by atoms with Crippen LogP contribution in [0.25, 0.3) is 10.9 Å². The van der Waals surface area contributed by atoms with E-state index in [0.29, 0.717) is 29.5 Å². The molecule has 21 heteroatoms. The number of H-pyrrole nitrogens is 1. The van der Waals surface area contributed by atoms with Crippen molar-refractivity contribution >= 4 is 64.2 Å². The van der Waals surface area contributed by atoms with Gasteiger partial charge in [-0.3, -0.25) is 38.4 Å². The molecule has 0 spiro atoms. The van der Waals surface area contributed by atoms with Gasteiger partial charge in [-0.25, -0.2) is 4.79 Å². The lowest BCUT2D eigenvalue weighted by atomic mass is 9.95. The molecule has 1 heterocycles. The Bertz CT molecular complexity index is 2590. The molecule has 4 rings (SSSR count). The van der Waals surface area contributed by atoms with Gasteiger partial charge in [-0.2, -0.15) is 0 Å². The lowest BCUT2D eigenvalue weighted by molar-refractivity contribution is -0.142. The van der Waals surface area contributed by atoms with Gasteiger partial charge in [0.25, 0.3) is 0 Å². The zero-order valence-corrected chi connectivity index (χ0v) is 42.8. The second-order valence-corrected chi connectivity index (χ2v) is 19.1. The van der Waals surface area contributed by atoms with E-state index in [-0.39, 0.29) is 25.0 Å². The van der Waals surface area contributed by atoms with Crippen LogP contribution in [0.15, 0.2) is 85.1 Å². The van der Waals surface area contributed by atoms with Gasteiger partial charge in [0, 0.05) is 36.4 Å². The lowest BCUT2D eigenvalue weighted by Gasteiger charge is -2.30. The summed E-state index contributed by atoms with van der Waals surface area (Å²) in [6, 6.07) is 11.3. The van der Waals surface area contributed by atoms with E-state index in [9.17, 15) is 58.5 Å². The highest BCUT2D eigenvalue weighted by molar-refractivity contribution is 5.98. The van der Waals surface area contributed by atoms with E-state index in [1.807, 2.05) is 24.3 Å². The Balaban J connectivity index is 1.53. The molecule has 0 fully saturated rings. The fourth-order valence-corrected chi connectivity index (χ4v) is 8.03. The molecule has 3 aromatic carbocycles. The van der Waals surface area contributed by atoms with Gasteiger partial charge in [-0.1, -0.05) is 115 Å². The SMILES string of the molecule is CC[C@H](C)[C@H](NC(=O)[C@@H](NC(=O)[C@H](C)NC(=O)[C@H](Cc1ccccc1)NC(=O)[C@H](Cc1ccc(O)cc1)NC(=O)[C@@H](NC(=O)[C@@H](N)CC(=O)O)[C@@H](C)CC)C(C)C)C(=O)N[C@@H](Cc1c[nH]c2ccccc12)C(=O)O. The summed E-state index contributed by atoms with van der Waals surface area (Å²) in [5.41, 5.74) is 8.38. The Morgan fingerprint density at radius 2 is 1.00 bits per heavy atom. The summed E-state index contributed by atoms with van der Waals surface area (Å²) in [6.07, 6.45) is 1.51. The highest BCUT2D eigenvalue weighted by atomic mass is 16.4. The van der Waals surface area contributed by atoms with E-state index < -0.39 is 126 Å². The number of rotatable bonds is 28. The van der Waals surface area contributed by atoms with E-state index in [1.54, 1.807) is 78.1 Å². The summed E-state index contributed by atoms with van der Waals surface area (Å²) >= 11 is 0. The Hall–Kier alpha value is -7.81. The van der Waals surface area contributed by atoms with Crippen molar-refractivity contribution in [2.45, 2.75) is 135 Å². The number of aromatic nitrogens is 1. The predicted octanol–water partition coefficient (Wildman–Crippen LogP) is 1.95. The summed E-state index contributed by atoms with van der Waals surface area (Å²) in [7, 11) is 0. The third-order valence-corrected chi connectivity index (χ3v) is 13.0. The van der Waals surface area contributed by atoms with Crippen LogP contribution in [0.2, 0.25) is 0 Å². The summed E-state index contributed by atoms with van der Waals surface area (Å²) in [4.78, 5) is 124. The number of phenolic OH excluding ortho intramolecular Hbond substituents is 1. The van der Waals surface area contributed by atoms with E-state index in [0.717, 1.165) is 10.9 Å². The van der Waals surface area contributed by atoms with Crippen molar-refractivity contribution in [3.63, 3.8) is 0 Å². The van der Waals surface area contributed by atoms with E-state index in [1.165, 1.54) is 31.2 Å². The molecule has 74 heavy (non-hydrogen) atoms. The van der Waals surface area contributed by atoms with Gasteiger partial charge in [0.05, 0.1) is 12.5 Å². The van der Waals surface area contributed by atoms with Crippen LogP contribution in [0.1, 0.15) is 84.4 Å². The van der Waals surface area contributed by atoms with E-state index in [2.05, 4.69) is 42.2 Å². The minimum Gasteiger partial charge on any atom is -0.508 e. The fraction of sp³-hybridized carbons (Fsp3) is 0.453. The number of carbonyl (C=O) groups is 9. The van der Waals surface area contributed by atoms with Crippen molar-refractivity contribution < 1.29 is 58.5 Å². The van der Waals surface area contributed by atoms with Crippen LogP contribution in [0.3, 0.4) is 0 Å². The third kappa shape index (κ3) is 17.2. The Morgan fingerprint density at radius 3 is 1.54 bits per heavy atom. The molecule has 0 bridgehead atoms. The maximum absolute atomic E-state index is 14.4. The van der Waals surface area contributed by atoms with Crippen LogP contribution in [-0.2, 0) is 62.4 Å². The number of para-hydroxylation sites is 1. The van der Waals surface area contributed by atoms with Gasteiger partial charge in [0.2, 0.25) is 41.4 Å². The van der Waals surface area contributed by atoms with Crippen LogP contribution >= 0.6 is 0 Å². The van der Waals surface area contributed by atoms with Crippen LogP contribution in [0, 0.1) is 17.8 Å². The number of carbonyl (C=O) groups excluding carboxylic acids is 7. The molecule has 0 aliphatic carbocycles. The van der Waals surface area contributed by atoms with Gasteiger partial charge in [-0.05, 0) is 59.6 Å². The number of aliphatic carboxylic acids is 2. The van der Waals surface area contributed by atoms with Crippen molar-refractivity contribution in [2.75, 3.05) is 0 Å². The number of aromatic hydroxyl groups is 1. The van der Waals surface area contributed by atoms with Crippen molar-refractivity contribution in [1.82, 2.24) is 42.2 Å². The van der Waals surface area contributed by atoms with Crippen molar-refractivity contribution in [3.05, 3.63) is 102 Å². The fourth-order valence-electron chi connectivity index (χ4n) is 8.03. The maximum Gasteiger partial charge on any atom is 0.326 e. The van der Waals surface area contributed by atoms with E-state index in [4.69, 9.17) is 5.73 Å². The van der Waals surface area contributed by atoms with Crippen molar-refractivity contribution in [2.24, 2.45) is 23.5 Å². The molecule has 21 nitrogen and oxygen atoms in total. The molecule has 13 N–H and O–H groups in total. The first-order chi connectivity index (χ1) is 35.0. The molecule has 7 amide bonds. The number of nitrogens with two attached hydrogens (primary N) is 1. The number of fused-ring (bicyclic) bond motifs is 1. The number of benzene rings is 3. The van der Waals surface area contributed by atoms with Gasteiger partial charge in [0.1, 0.15) is 48.0 Å². The summed E-state index contributed by atoms with van der Waals surface area (Å²) in [6.45, 7) is 11.7. The minimum atomic E-state index is -1.47. The maximum atomic E-state index is 14.4. The topological polar surface area (TPSA) is 340 Å². The Kier molecular flexibility index (Phi) is 22.1. The van der Waals surface area contributed by atoms with Crippen molar-refractivity contribution in [3.8, 4) is 5.75 Å². The smallest absolute Gasteiger partial charge is 0.326 e. The molecule has 0 radical (unpaired) electrons. The van der Waals surface area contributed by atoms with Gasteiger partial charge < -0.3 is 63.3 Å². The normalized spacial score (nSPS) is 15.3. The number of phenols is 1. The lowest BCUT2D eigenvalue weighted by Crippen LogP contribution is -2.61. The summed E-state index contributed by atoms with van der Waals surface area (Å²) in [5.74, 6) is -9.77. The second kappa shape index (κ2) is 27.9. The zero-order valence-electron chi connectivity index (χ0n) is 42.8. The number of aromatic amines is 1. The zero-order chi connectivity index (χ0) is 54.8.